The van der Waals surface area contributed by atoms with Crippen LogP contribution < -0.4 is 10.9 Å². The third-order valence-electron chi connectivity index (χ3n) is 4.67. The smallest absolute Gasteiger partial charge is 0.261 e. The largest absolute Gasteiger partial charge is 0.373 e. The summed E-state index contributed by atoms with van der Waals surface area (Å²) < 4.78 is 0. The van der Waals surface area contributed by atoms with Crippen LogP contribution in [0.5, 0.6) is 0 Å². The summed E-state index contributed by atoms with van der Waals surface area (Å²) in [5.74, 6) is 0.570. The summed E-state index contributed by atoms with van der Waals surface area (Å²) in [6.07, 6.45) is 3.56. The molecule has 0 spiro atoms. The number of hydrogen-bond acceptors (Lipinski definition) is 4. The number of pyridine rings is 2. The van der Waals surface area contributed by atoms with Crippen LogP contribution in [0.15, 0.2) is 29.2 Å². The molecule has 6 nitrogen and oxygen atoms in total. The molecule has 1 aliphatic heterocycles. The first-order valence-corrected chi connectivity index (χ1v) is 8.16. The fourth-order valence-electron chi connectivity index (χ4n) is 3.19. The van der Waals surface area contributed by atoms with Gasteiger partial charge in [0.05, 0.1) is 6.04 Å². The lowest BCUT2D eigenvalue weighted by molar-refractivity contribution is 0.0733. The van der Waals surface area contributed by atoms with Crippen LogP contribution in [-0.4, -0.2) is 34.4 Å². The fourth-order valence-corrected chi connectivity index (χ4v) is 3.19. The highest BCUT2D eigenvalue weighted by molar-refractivity contribution is 5.94. The van der Waals surface area contributed by atoms with Crippen LogP contribution in [0.4, 0.5) is 5.82 Å². The maximum absolute atomic E-state index is 12.9. The molecule has 1 amide bonds. The molecule has 0 saturated carbocycles. The molecule has 0 aromatic carbocycles. The molecule has 24 heavy (non-hydrogen) atoms. The van der Waals surface area contributed by atoms with Gasteiger partial charge in [-0.05, 0) is 56.0 Å². The molecule has 3 rings (SSSR count). The summed E-state index contributed by atoms with van der Waals surface area (Å²) in [7, 11) is 1.82. The first-order chi connectivity index (χ1) is 11.5. The van der Waals surface area contributed by atoms with Gasteiger partial charge in [-0.3, -0.25) is 9.59 Å². The molecule has 0 radical (unpaired) electrons. The van der Waals surface area contributed by atoms with Gasteiger partial charge in [-0.15, -0.1) is 0 Å². The summed E-state index contributed by atoms with van der Waals surface area (Å²) in [6, 6.07) is 5.56. The van der Waals surface area contributed by atoms with Gasteiger partial charge in [-0.2, -0.15) is 0 Å². The Morgan fingerprint density at radius 2 is 2.17 bits per heavy atom. The maximum atomic E-state index is 12.9. The molecule has 1 saturated heterocycles. The van der Waals surface area contributed by atoms with Crippen molar-refractivity contribution >= 4 is 11.7 Å². The number of carbonyl (C=O) groups is 1. The van der Waals surface area contributed by atoms with Gasteiger partial charge < -0.3 is 15.2 Å². The molecule has 3 heterocycles. The predicted octanol–water partition coefficient (Wildman–Crippen LogP) is 2.41. The summed E-state index contributed by atoms with van der Waals surface area (Å²) in [4.78, 5) is 33.9. The lowest BCUT2D eigenvalue weighted by Crippen LogP contribution is -2.34. The van der Waals surface area contributed by atoms with Gasteiger partial charge in [0, 0.05) is 25.5 Å². The summed E-state index contributed by atoms with van der Waals surface area (Å²) in [5.41, 5.74) is 2.64. The van der Waals surface area contributed by atoms with E-state index >= 15 is 0 Å². The zero-order valence-corrected chi connectivity index (χ0v) is 14.2. The first kappa shape index (κ1) is 16.2. The van der Waals surface area contributed by atoms with Crippen molar-refractivity contribution in [2.75, 3.05) is 18.9 Å². The highest BCUT2D eigenvalue weighted by Crippen LogP contribution is 2.33. The van der Waals surface area contributed by atoms with Gasteiger partial charge in [-0.25, -0.2) is 4.98 Å². The van der Waals surface area contributed by atoms with Crippen LogP contribution in [0.25, 0.3) is 0 Å². The highest BCUT2D eigenvalue weighted by atomic mass is 16.2. The molecule has 1 fully saturated rings. The number of nitrogens with zero attached hydrogens (tertiary/aromatic N) is 2. The topological polar surface area (TPSA) is 78.1 Å². The fraction of sp³-hybridized carbons (Fsp3) is 0.389. The van der Waals surface area contributed by atoms with E-state index in [-0.39, 0.29) is 23.1 Å². The number of amides is 1. The second-order valence-corrected chi connectivity index (χ2v) is 6.20. The Morgan fingerprint density at radius 1 is 1.38 bits per heavy atom. The average Bonchev–Trinajstić information content (AvgIpc) is 3.07. The van der Waals surface area contributed by atoms with Crippen molar-refractivity contribution in [1.82, 2.24) is 14.9 Å². The molecule has 1 atom stereocenters. The van der Waals surface area contributed by atoms with Crippen LogP contribution in [-0.2, 0) is 0 Å². The Labute approximate surface area is 140 Å². The van der Waals surface area contributed by atoms with Crippen molar-refractivity contribution in [2.24, 2.45) is 0 Å². The predicted molar refractivity (Wildman–Crippen MR) is 93.3 cm³/mol. The standard InChI is InChI=1S/C18H22N4O2/c1-11-9-14(17(23)21-12(11)2)18(24)22-8-4-5-15(22)13-6-7-20-16(10-13)19-3/h6-7,9-10,15H,4-5,8H2,1-3H3,(H,19,20)(H,21,23)/t15-/m0/s1. The van der Waals surface area contributed by atoms with Crippen LogP contribution in [0.1, 0.15) is 46.1 Å². The van der Waals surface area contributed by atoms with E-state index in [0.717, 1.165) is 35.5 Å². The molecular formula is C18H22N4O2. The van der Waals surface area contributed by atoms with Crippen LogP contribution in [0.3, 0.4) is 0 Å². The van der Waals surface area contributed by atoms with Crippen LogP contribution >= 0.6 is 0 Å². The molecule has 2 N–H and O–H groups in total. The number of rotatable bonds is 3. The van der Waals surface area contributed by atoms with E-state index in [9.17, 15) is 9.59 Å². The lowest BCUT2D eigenvalue weighted by Gasteiger charge is -2.25. The number of H-pyrrole nitrogens is 1. The van der Waals surface area contributed by atoms with Gasteiger partial charge in [0.2, 0.25) is 0 Å². The minimum Gasteiger partial charge on any atom is -0.373 e. The third kappa shape index (κ3) is 2.91. The Bertz CT molecular complexity index is 828. The zero-order valence-electron chi connectivity index (χ0n) is 14.2. The van der Waals surface area contributed by atoms with Crippen molar-refractivity contribution in [3.63, 3.8) is 0 Å². The Hall–Kier alpha value is -2.63. The number of aryl methyl sites for hydroxylation is 2. The van der Waals surface area contributed by atoms with E-state index in [2.05, 4.69) is 15.3 Å². The van der Waals surface area contributed by atoms with Crippen LogP contribution in [0, 0.1) is 13.8 Å². The molecule has 0 bridgehead atoms. The lowest BCUT2D eigenvalue weighted by atomic mass is 10.0. The zero-order chi connectivity index (χ0) is 17.3. The second-order valence-electron chi connectivity index (χ2n) is 6.20. The Kier molecular flexibility index (Phi) is 4.38. The molecule has 6 heteroatoms. The van der Waals surface area contributed by atoms with E-state index in [4.69, 9.17) is 0 Å². The van der Waals surface area contributed by atoms with E-state index in [1.165, 1.54) is 0 Å². The first-order valence-electron chi connectivity index (χ1n) is 8.16. The monoisotopic (exact) mass is 326 g/mol. The van der Waals surface area contributed by atoms with Crippen molar-refractivity contribution in [3.05, 3.63) is 57.1 Å². The minimum absolute atomic E-state index is 0.0198. The van der Waals surface area contributed by atoms with Gasteiger partial charge in [-0.1, -0.05) is 0 Å². The van der Waals surface area contributed by atoms with Crippen molar-refractivity contribution < 1.29 is 4.79 Å². The third-order valence-corrected chi connectivity index (χ3v) is 4.67. The number of aromatic amines is 1. The molecule has 2 aromatic heterocycles. The molecule has 126 valence electrons. The summed E-state index contributed by atoms with van der Waals surface area (Å²) in [6.45, 7) is 4.39. The van der Waals surface area contributed by atoms with Crippen LogP contribution in [0.2, 0.25) is 0 Å². The molecular weight excluding hydrogens is 304 g/mol. The van der Waals surface area contributed by atoms with Crippen molar-refractivity contribution in [3.8, 4) is 0 Å². The molecule has 1 aliphatic rings. The Morgan fingerprint density at radius 3 is 2.92 bits per heavy atom. The minimum atomic E-state index is -0.320. The summed E-state index contributed by atoms with van der Waals surface area (Å²) >= 11 is 0. The van der Waals surface area contributed by atoms with Gasteiger partial charge in [0.15, 0.2) is 0 Å². The van der Waals surface area contributed by atoms with Gasteiger partial charge in [0.25, 0.3) is 11.5 Å². The quantitative estimate of drug-likeness (QED) is 0.908. The number of carbonyl (C=O) groups excluding carboxylic acids is 1. The normalized spacial score (nSPS) is 17.1. The number of anilines is 1. The number of nitrogens with one attached hydrogen (secondary N) is 2. The van der Waals surface area contributed by atoms with E-state index in [1.54, 1.807) is 17.2 Å². The molecule has 0 unspecified atom stereocenters. The van der Waals surface area contributed by atoms with Gasteiger partial charge in [0.1, 0.15) is 11.4 Å². The number of aromatic nitrogens is 2. The molecule has 0 aliphatic carbocycles. The molecule has 2 aromatic rings. The van der Waals surface area contributed by atoms with Crippen molar-refractivity contribution in [2.45, 2.75) is 32.7 Å². The van der Waals surface area contributed by atoms with E-state index in [0.29, 0.717) is 6.54 Å². The number of hydrogen-bond donors (Lipinski definition) is 2. The summed E-state index contributed by atoms with van der Waals surface area (Å²) in [5, 5.41) is 3.02. The highest BCUT2D eigenvalue weighted by Gasteiger charge is 2.32. The van der Waals surface area contributed by atoms with Crippen molar-refractivity contribution in [1.29, 1.82) is 0 Å². The SMILES string of the molecule is CNc1cc([C@@H]2CCCN2C(=O)c2cc(C)c(C)[nH]c2=O)ccn1. The van der Waals surface area contributed by atoms with Gasteiger partial charge >= 0.3 is 0 Å². The number of likely N-dealkylation sites (tertiary alicyclic amines) is 1. The average molecular weight is 326 g/mol. The van der Waals surface area contributed by atoms with E-state index < -0.39 is 0 Å². The Balaban J connectivity index is 1.94. The maximum Gasteiger partial charge on any atom is 0.261 e. The van der Waals surface area contributed by atoms with E-state index in [1.807, 2.05) is 33.0 Å². The second kappa shape index (κ2) is 6.47.